The summed E-state index contributed by atoms with van der Waals surface area (Å²) in [4.78, 5) is 28.8. The number of ether oxygens (including phenoxy) is 1. The summed E-state index contributed by atoms with van der Waals surface area (Å²) < 4.78 is 10.5. The van der Waals surface area contributed by atoms with Gasteiger partial charge in [-0.05, 0) is 81.5 Å². The molecule has 1 N–H and O–H groups in total. The molecule has 0 unspecified atom stereocenters. The third-order valence-corrected chi connectivity index (χ3v) is 6.22. The molecule has 2 aromatic carbocycles. The van der Waals surface area contributed by atoms with Gasteiger partial charge in [-0.15, -0.1) is 0 Å². The van der Waals surface area contributed by atoms with Gasteiger partial charge in [-0.3, -0.25) is 10.1 Å². The molecule has 36 heavy (non-hydrogen) atoms. The first kappa shape index (κ1) is 25.4. The number of carbonyl (C=O) groups excluding carboxylic acids is 2. The Kier molecular flexibility index (Phi) is 7.98. The summed E-state index contributed by atoms with van der Waals surface area (Å²) in [7, 11) is 0. The summed E-state index contributed by atoms with van der Waals surface area (Å²) in [5, 5.41) is 6.63. The molecule has 1 amide bonds. The molecule has 1 saturated carbocycles. The van der Waals surface area contributed by atoms with Gasteiger partial charge < -0.3 is 9.26 Å². The van der Waals surface area contributed by atoms with Crippen molar-refractivity contribution in [1.29, 1.82) is 0 Å². The molecule has 1 aliphatic carbocycles. The summed E-state index contributed by atoms with van der Waals surface area (Å²) >= 11 is 0. The fourth-order valence-corrected chi connectivity index (χ4v) is 4.43. The van der Waals surface area contributed by atoms with Crippen LogP contribution in [0.25, 0.3) is 0 Å². The third-order valence-electron chi connectivity index (χ3n) is 6.22. The number of esters is 1. The Hall–Kier alpha value is -3.74. The van der Waals surface area contributed by atoms with Crippen molar-refractivity contribution in [1.82, 2.24) is 10.1 Å². The van der Waals surface area contributed by atoms with Crippen molar-refractivity contribution in [3.8, 4) is 0 Å². The highest BCUT2D eigenvalue weighted by Crippen LogP contribution is 2.36. The second-order valence-corrected chi connectivity index (χ2v) is 10.3. The van der Waals surface area contributed by atoms with E-state index >= 15 is 0 Å². The van der Waals surface area contributed by atoms with Crippen LogP contribution in [-0.2, 0) is 16.0 Å². The molecule has 1 fully saturated rings. The molecule has 1 heterocycles. The molecular weight excluding hydrogens is 454 g/mol. The van der Waals surface area contributed by atoms with E-state index in [2.05, 4.69) is 15.5 Å². The Morgan fingerprint density at radius 3 is 2.39 bits per heavy atom. The molecule has 188 valence electrons. The average molecular weight is 488 g/mol. The van der Waals surface area contributed by atoms with Gasteiger partial charge >= 0.3 is 12.0 Å². The quantitative estimate of drug-likeness (QED) is 0.320. The maximum absolute atomic E-state index is 12.6. The maximum atomic E-state index is 12.6. The normalized spacial score (nSPS) is 18.2. The number of hydrogen-bond acceptors (Lipinski definition) is 6. The van der Waals surface area contributed by atoms with Crippen LogP contribution >= 0.6 is 0 Å². The molecule has 4 rings (SSSR count). The van der Waals surface area contributed by atoms with E-state index in [1.807, 2.05) is 81.4 Å². The minimum Gasteiger partial charge on any atom is -0.457 e. The minimum atomic E-state index is -0.473. The average Bonchev–Trinajstić information content (AvgIpc) is 3.29. The Balaban J connectivity index is 1.26. The number of amides is 1. The van der Waals surface area contributed by atoms with Gasteiger partial charge in [-0.2, -0.15) is 4.98 Å². The van der Waals surface area contributed by atoms with Gasteiger partial charge in [-0.1, -0.05) is 53.7 Å². The van der Waals surface area contributed by atoms with E-state index in [0.29, 0.717) is 29.6 Å². The molecule has 0 saturated heterocycles. The van der Waals surface area contributed by atoms with Crippen LogP contribution in [0.3, 0.4) is 0 Å². The fraction of sp³-hybridized carbons (Fsp3) is 0.379. The molecule has 7 nitrogen and oxygen atoms in total. The summed E-state index contributed by atoms with van der Waals surface area (Å²) in [5.74, 6) is 0.784. The Morgan fingerprint density at radius 1 is 1.03 bits per heavy atom. The van der Waals surface area contributed by atoms with Crippen LogP contribution in [0.5, 0.6) is 0 Å². The summed E-state index contributed by atoms with van der Waals surface area (Å²) in [6.45, 7) is 5.60. The van der Waals surface area contributed by atoms with Gasteiger partial charge in [0.2, 0.25) is 0 Å². The van der Waals surface area contributed by atoms with Crippen molar-refractivity contribution in [2.45, 2.75) is 64.4 Å². The predicted molar refractivity (Wildman–Crippen MR) is 138 cm³/mol. The van der Waals surface area contributed by atoms with Crippen LogP contribution < -0.4 is 5.32 Å². The monoisotopic (exact) mass is 487 g/mol. The van der Waals surface area contributed by atoms with Gasteiger partial charge in [0.05, 0.1) is 0 Å². The maximum Gasteiger partial charge on any atom is 0.330 e. The van der Waals surface area contributed by atoms with Crippen molar-refractivity contribution in [3.05, 3.63) is 89.3 Å². The number of benzene rings is 2. The molecule has 7 heteroatoms. The van der Waals surface area contributed by atoms with Gasteiger partial charge in [-0.25, -0.2) is 4.79 Å². The van der Waals surface area contributed by atoms with Gasteiger partial charge in [0.1, 0.15) is 5.60 Å². The summed E-state index contributed by atoms with van der Waals surface area (Å²) in [5.41, 5.74) is 2.36. The highest BCUT2D eigenvalue weighted by molar-refractivity contribution is 6.03. The first-order chi connectivity index (χ1) is 17.2. The molecule has 0 atom stereocenters. The Bertz CT molecular complexity index is 1190. The number of anilines is 1. The standard InChI is InChI=1S/C29H33N3O4/c1-29(2,3)35-26(33)18-11-20-9-12-22(13-10-20)23-14-16-24(17-15-23)27(34)31-28-30-25(32-36-28)19-21-7-5-4-6-8-21/h4-8,11,14-18,20,22H,9-10,12-13,19H2,1-3H3,(H,30,31,32,34)/b18-11+. The van der Waals surface area contributed by atoms with E-state index in [0.717, 1.165) is 31.2 Å². The molecule has 0 spiro atoms. The van der Waals surface area contributed by atoms with Crippen molar-refractivity contribution < 1.29 is 18.8 Å². The third kappa shape index (κ3) is 7.38. The van der Waals surface area contributed by atoms with E-state index in [1.165, 1.54) is 5.56 Å². The van der Waals surface area contributed by atoms with Crippen LogP contribution in [0.15, 0.2) is 71.3 Å². The summed E-state index contributed by atoms with van der Waals surface area (Å²) in [6, 6.07) is 17.6. The van der Waals surface area contributed by atoms with Crippen molar-refractivity contribution in [2.24, 2.45) is 5.92 Å². The number of rotatable bonds is 7. The van der Waals surface area contributed by atoms with E-state index in [1.54, 1.807) is 6.08 Å². The zero-order valence-electron chi connectivity index (χ0n) is 21.1. The van der Waals surface area contributed by atoms with Gasteiger partial charge in [0.25, 0.3) is 5.91 Å². The number of allylic oxidation sites excluding steroid dienone is 1. The topological polar surface area (TPSA) is 94.3 Å². The number of hydrogen-bond donors (Lipinski definition) is 1. The Labute approximate surface area is 211 Å². The largest absolute Gasteiger partial charge is 0.457 e. The van der Waals surface area contributed by atoms with E-state index in [9.17, 15) is 9.59 Å². The van der Waals surface area contributed by atoms with E-state index in [4.69, 9.17) is 9.26 Å². The number of nitrogens with one attached hydrogen (secondary N) is 1. The molecule has 0 radical (unpaired) electrons. The second kappa shape index (κ2) is 11.3. The van der Waals surface area contributed by atoms with Gasteiger partial charge in [0.15, 0.2) is 5.82 Å². The summed E-state index contributed by atoms with van der Waals surface area (Å²) in [6.07, 6.45) is 8.22. The van der Waals surface area contributed by atoms with Crippen LogP contribution in [0.1, 0.15) is 79.7 Å². The SMILES string of the molecule is CC(C)(C)OC(=O)/C=C/C1CCC(c2ccc(C(=O)Nc3nc(Cc4ccccc4)no3)cc2)CC1. The number of nitrogens with zero attached hydrogens (tertiary/aromatic N) is 2. The molecule has 0 bridgehead atoms. The van der Waals surface area contributed by atoms with E-state index < -0.39 is 5.60 Å². The first-order valence-corrected chi connectivity index (χ1v) is 12.4. The van der Waals surface area contributed by atoms with Crippen molar-refractivity contribution in [3.63, 3.8) is 0 Å². The van der Waals surface area contributed by atoms with E-state index in [-0.39, 0.29) is 17.9 Å². The zero-order valence-corrected chi connectivity index (χ0v) is 21.1. The van der Waals surface area contributed by atoms with Gasteiger partial charge in [0, 0.05) is 18.1 Å². The molecule has 1 aliphatic rings. The lowest BCUT2D eigenvalue weighted by molar-refractivity contribution is -0.148. The van der Waals surface area contributed by atoms with Crippen LogP contribution in [-0.4, -0.2) is 27.6 Å². The number of aromatic nitrogens is 2. The van der Waals surface area contributed by atoms with Crippen molar-refractivity contribution >= 4 is 17.9 Å². The van der Waals surface area contributed by atoms with Crippen LogP contribution in [0.4, 0.5) is 6.01 Å². The van der Waals surface area contributed by atoms with Crippen molar-refractivity contribution in [2.75, 3.05) is 5.32 Å². The smallest absolute Gasteiger partial charge is 0.330 e. The van der Waals surface area contributed by atoms with Crippen LogP contribution in [0.2, 0.25) is 0 Å². The minimum absolute atomic E-state index is 0.0905. The lowest BCUT2D eigenvalue weighted by atomic mass is 9.78. The molecular formula is C29H33N3O4. The lowest BCUT2D eigenvalue weighted by Gasteiger charge is -2.27. The first-order valence-electron chi connectivity index (χ1n) is 12.4. The highest BCUT2D eigenvalue weighted by atomic mass is 16.6. The second-order valence-electron chi connectivity index (χ2n) is 10.3. The molecule has 3 aromatic rings. The predicted octanol–water partition coefficient (Wildman–Crippen LogP) is 6.08. The molecule has 1 aromatic heterocycles. The highest BCUT2D eigenvalue weighted by Gasteiger charge is 2.22. The Morgan fingerprint density at radius 2 is 1.72 bits per heavy atom. The zero-order chi connectivity index (χ0) is 25.5. The molecule has 0 aliphatic heterocycles. The number of carbonyl (C=O) groups is 2. The van der Waals surface area contributed by atoms with Crippen LogP contribution in [0, 0.1) is 5.92 Å². The lowest BCUT2D eigenvalue weighted by Crippen LogP contribution is -2.22. The fourth-order valence-electron chi connectivity index (χ4n) is 4.43.